The average Bonchev–Trinajstić information content (AvgIpc) is 1.69. The fourth-order valence-corrected chi connectivity index (χ4v) is 0.176. The lowest BCUT2D eigenvalue weighted by atomic mass is 10.9. The zero-order valence-electron chi connectivity index (χ0n) is 4.35. The van der Waals surface area contributed by atoms with Crippen molar-refractivity contribution >= 4 is 0 Å². The molecule has 0 fully saturated rings. The Kier molecular flexibility index (Phi) is 5.78. The number of hydrogen-bond acceptors (Lipinski definition) is 2. The molecular weight excluding hydrogens is 96.0 g/mol. The van der Waals surface area contributed by atoms with Gasteiger partial charge in [0.15, 0.2) is 6.79 Å². The van der Waals surface area contributed by atoms with Crippen molar-refractivity contribution in [3.8, 4) is 0 Å². The molecule has 0 heterocycles. The third-order valence-electron chi connectivity index (χ3n) is 0.454. The standard InChI is InChI=1S/C4H9O3/c1-2-6-4-7-3-5/h2-4H2,1H3. The monoisotopic (exact) mass is 105 g/mol. The topological polar surface area (TPSA) is 38.4 Å². The summed E-state index contributed by atoms with van der Waals surface area (Å²) in [4.78, 5) is 0. The van der Waals surface area contributed by atoms with Gasteiger partial charge >= 0.3 is 0 Å². The van der Waals surface area contributed by atoms with E-state index in [9.17, 15) is 5.11 Å². The molecule has 0 atom stereocenters. The predicted octanol–water partition coefficient (Wildman–Crippen LogP) is 0.385. The highest BCUT2D eigenvalue weighted by Crippen LogP contribution is 1.72. The van der Waals surface area contributed by atoms with Gasteiger partial charge in [-0.25, -0.2) is 5.11 Å². The summed E-state index contributed by atoms with van der Waals surface area (Å²) in [6.07, 6.45) is 0. The molecule has 0 aliphatic carbocycles. The van der Waals surface area contributed by atoms with Crippen LogP contribution in [0, 0.1) is 0 Å². The van der Waals surface area contributed by atoms with Gasteiger partial charge in [-0.3, -0.25) is 0 Å². The van der Waals surface area contributed by atoms with Gasteiger partial charge in [0.1, 0.15) is 6.79 Å². The first-order chi connectivity index (χ1) is 3.41. The smallest absolute Gasteiger partial charge is 0.183 e. The Hall–Kier alpha value is -0.120. The van der Waals surface area contributed by atoms with Crippen molar-refractivity contribution in [3.63, 3.8) is 0 Å². The van der Waals surface area contributed by atoms with Gasteiger partial charge in [0.2, 0.25) is 0 Å². The first-order valence-electron chi connectivity index (χ1n) is 2.15. The number of hydrogen-bond donors (Lipinski definition) is 0. The molecule has 0 unspecified atom stereocenters. The van der Waals surface area contributed by atoms with E-state index >= 15 is 0 Å². The van der Waals surface area contributed by atoms with Crippen LogP contribution in [-0.2, 0) is 14.6 Å². The maximum absolute atomic E-state index is 9.50. The molecule has 0 rings (SSSR count). The van der Waals surface area contributed by atoms with Crippen LogP contribution in [0.3, 0.4) is 0 Å². The fraction of sp³-hybridized carbons (Fsp3) is 1.00. The highest BCUT2D eigenvalue weighted by Gasteiger charge is 1.78. The van der Waals surface area contributed by atoms with Crippen molar-refractivity contribution in [3.05, 3.63) is 0 Å². The van der Waals surface area contributed by atoms with Crippen LogP contribution in [0.15, 0.2) is 0 Å². The summed E-state index contributed by atoms with van der Waals surface area (Å²) in [5.41, 5.74) is 0. The van der Waals surface area contributed by atoms with Crippen molar-refractivity contribution in [2.75, 3.05) is 20.2 Å². The van der Waals surface area contributed by atoms with Gasteiger partial charge in [0, 0.05) is 6.61 Å². The first-order valence-corrected chi connectivity index (χ1v) is 2.15. The number of rotatable bonds is 4. The summed E-state index contributed by atoms with van der Waals surface area (Å²) in [7, 11) is 0. The van der Waals surface area contributed by atoms with Crippen molar-refractivity contribution in [2.45, 2.75) is 6.92 Å². The van der Waals surface area contributed by atoms with Crippen LogP contribution in [0.25, 0.3) is 0 Å². The van der Waals surface area contributed by atoms with E-state index in [2.05, 4.69) is 9.47 Å². The molecule has 3 heteroatoms. The molecular formula is C4H9O3. The molecule has 3 nitrogen and oxygen atoms in total. The number of ether oxygens (including phenoxy) is 2. The predicted molar refractivity (Wildman–Crippen MR) is 23.1 cm³/mol. The van der Waals surface area contributed by atoms with E-state index in [4.69, 9.17) is 0 Å². The Morgan fingerprint density at radius 3 is 2.57 bits per heavy atom. The van der Waals surface area contributed by atoms with Crippen LogP contribution in [0.4, 0.5) is 0 Å². The third kappa shape index (κ3) is 5.88. The average molecular weight is 105 g/mol. The summed E-state index contributed by atoms with van der Waals surface area (Å²) in [6.45, 7) is 2.05. The second kappa shape index (κ2) is 5.88. The molecule has 0 saturated heterocycles. The molecule has 7 heavy (non-hydrogen) atoms. The van der Waals surface area contributed by atoms with E-state index in [0.29, 0.717) is 6.61 Å². The van der Waals surface area contributed by atoms with E-state index < -0.39 is 6.79 Å². The van der Waals surface area contributed by atoms with Gasteiger partial charge < -0.3 is 9.47 Å². The zero-order valence-corrected chi connectivity index (χ0v) is 4.35. The Bertz CT molecular complexity index is 26.1. The largest absolute Gasteiger partial charge is 0.356 e. The van der Waals surface area contributed by atoms with E-state index in [1.54, 1.807) is 0 Å². The molecule has 0 aliphatic heterocycles. The SMILES string of the molecule is CCOCOC[O]. The molecule has 0 bridgehead atoms. The van der Waals surface area contributed by atoms with Gasteiger partial charge in [-0.2, -0.15) is 0 Å². The Labute approximate surface area is 42.9 Å². The van der Waals surface area contributed by atoms with Gasteiger partial charge in [0.05, 0.1) is 0 Å². The quantitative estimate of drug-likeness (QED) is 0.383. The fourth-order valence-electron chi connectivity index (χ4n) is 0.176. The van der Waals surface area contributed by atoms with Gasteiger partial charge in [-0.05, 0) is 6.92 Å². The lowest BCUT2D eigenvalue weighted by Crippen LogP contribution is -1.98. The highest BCUT2D eigenvalue weighted by atomic mass is 16.7. The molecule has 0 amide bonds. The summed E-state index contributed by atoms with van der Waals surface area (Å²) in [6, 6.07) is 0. The third-order valence-corrected chi connectivity index (χ3v) is 0.454. The molecule has 43 valence electrons. The molecule has 0 N–H and O–H groups in total. The summed E-state index contributed by atoms with van der Waals surface area (Å²) >= 11 is 0. The second-order valence-electron chi connectivity index (χ2n) is 0.933. The lowest BCUT2D eigenvalue weighted by molar-refractivity contribution is -0.126. The van der Waals surface area contributed by atoms with Gasteiger partial charge in [-0.15, -0.1) is 0 Å². The Balaban J connectivity index is 2.45. The van der Waals surface area contributed by atoms with Crippen LogP contribution in [0.2, 0.25) is 0 Å². The first kappa shape index (κ1) is 6.88. The minimum Gasteiger partial charge on any atom is -0.356 e. The molecule has 0 saturated carbocycles. The van der Waals surface area contributed by atoms with E-state index in [1.807, 2.05) is 6.92 Å². The van der Waals surface area contributed by atoms with Crippen molar-refractivity contribution in [1.29, 1.82) is 0 Å². The van der Waals surface area contributed by atoms with E-state index in [0.717, 1.165) is 0 Å². The van der Waals surface area contributed by atoms with Crippen LogP contribution in [-0.4, -0.2) is 20.2 Å². The van der Waals surface area contributed by atoms with Crippen molar-refractivity contribution < 1.29 is 14.6 Å². The van der Waals surface area contributed by atoms with Crippen molar-refractivity contribution in [1.82, 2.24) is 0 Å². The van der Waals surface area contributed by atoms with Crippen LogP contribution in [0.1, 0.15) is 6.92 Å². The van der Waals surface area contributed by atoms with Crippen LogP contribution < -0.4 is 0 Å². The molecule has 0 aromatic carbocycles. The molecule has 0 aliphatic rings. The summed E-state index contributed by atoms with van der Waals surface area (Å²) < 4.78 is 8.95. The minimum atomic E-state index is -0.514. The summed E-state index contributed by atoms with van der Waals surface area (Å²) in [5, 5.41) is 9.50. The Morgan fingerprint density at radius 2 is 2.14 bits per heavy atom. The minimum absolute atomic E-state index is 0.125. The van der Waals surface area contributed by atoms with E-state index in [1.165, 1.54) is 0 Å². The van der Waals surface area contributed by atoms with Gasteiger partial charge in [0.25, 0.3) is 0 Å². The molecule has 0 spiro atoms. The molecule has 0 aromatic rings. The maximum Gasteiger partial charge on any atom is 0.183 e. The Morgan fingerprint density at radius 1 is 1.43 bits per heavy atom. The lowest BCUT2D eigenvalue weighted by Gasteiger charge is -1.95. The zero-order chi connectivity index (χ0) is 5.54. The van der Waals surface area contributed by atoms with Crippen LogP contribution >= 0.6 is 0 Å². The van der Waals surface area contributed by atoms with E-state index in [-0.39, 0.29) is 6.79 Å². The van der Waals surface area contributed by atoms with Gasteiger partial charge in [-0.1, -0.05) is 0 Å². The summed E-state index contributed by atoms with van der Waals surface area (Å²) in [5.74, 6) is 0. The normalized spacial score (nSPS) is 9.43. The van der Waals surface area contributed by atoms with Crippen molar-refractivity contribution in [2.24, 2.45) is 0 Å². The highest BCUT2D eigenvalue weighted by molar-refractivity contribution is 4.03. The molecule has 0 aromatic heterocycles. The molecule has 1 radical (unpaired) electrons. The second-order valence-corrected chi connectivity index (χ2v) is 0.933. The van der Waals surface area contributed by atoms with Crippen LogP contribution in [0.5, 0.6) is 0 Å². The maximum atomic E-state index is 9.50.